The molecule has 0 aliphatic heterocycles. The van der Waals surface area contributed by atoms with Crippen LogP contribution in [0.4, 0.5) is 17.1 Å². The second-order valence-electron chi connectivity index (χ2n) is 15.7. The quantitative estimate of drug-likeness (QED) is 0.139. The number of benzene rings is 11. The van der Waals surface area contributed by atoms with E-state index in [1.54, 1.807) is 0 Å². The average Bonchev–Trinajstić information content (AvgIpc) is 3.34. The lowest BCUT2D eigenvalue weighted by Crippen LogP contribution is -2.10. The highest BCUT2D eigenvalue weighted by Gasteiger charge is 2.18. The molecule has 0 unspecified atom stereocenters. The van der Waals surface area contributed by atoms with E-state index in [1.807, 2.05) is 0 Å². The number of anilines is 3. The molecule has 0 heterocycles. The van der Waals surface area contributed by atoms with Crippen LogP contribution in [0, 0.1) is 0 Å². The molecule has 0 bridgehead atoms. The summed E-state index contributed by atoms with van der Waals surface area (Å²) in [4.78, 5) is 2.38. The van der Waals surface area contributed by atoms with Gasteiger partial charge in [-0.15, -0.1) is 0 Å². The number of fused-ring (bicyclic) bond motifs is 4. The Morgan fingerprint density at radius 3 is 1.18 bits per heavy atom. The molecule has 0 radical (unpaired) electrons. The Morgan fingerprint density at radius 1 is 0.197 bits per heavy atom. The molecule has 1 heteroatoms. The van der Waals surface area contributed by atoms with E-state index >= 15 is 0 Å². The third-order valence-corrected chi connectivity index (χ3v) is 12.1. The smallest absolute Gasteiger partial charge is 0.0468 e. The molecule has 11 aromatic carbocycles. The standard InChI is InChI=1S/C60H41N/c1-2-15-42(16-3-1)54-22-8-10-24-57(54)59-26-12-13-27-60(59)58-25-11-9-23-55(58)46-33-37-49(38-34-46)61(50-39-40-56-47(41-50)30-29-44-18-5-7-21-52(44)56)48-35-31-45(32-36-48)53-28-14-19-43-17-4-6-20-51(43)53/h1-41H. The van der Waals surface area contributed by atoms with Crippen LogP contribution in [-0.4, -0.2) is 0 Å². The molecule has 0 N–H and O–H groups in total. The molecule has 0 aliphatic carbocycles. The van der Waals surface area contributed by atoms with Crippen molar-refractivity contribution in [1.82, 2.24) is 0 Å². The van der Waals surface area contributed by atoms with E-state index in [1.165, 1.54) is 88.0 Å². The minimum atomic E-state index is 1.09. The van der Waals surface area contributed by atoms with Crippen LogP contribution < -0.4 is 4.90 Å². The lowest BCUT2D eigenvalue weighted by atomic mass is 9.87. The van der Waals surface area contributed by atoms with Gasteiger partial charge in [-0.1, -0.05) is 212 Å². The first-order valence-corrected chi connectivity index (χ1v) is 21.0. The molecule has 0 spiro atoms. The fourth-order valence-corrected chi connectivity index (χ4v) is 9.15. The summed E-state index contributed by atoms with van der Waals surface area (Å²) in [7, 11) is 0. The summed E-state index contributed by atoms with van der Waals surface area (Å²) < 4.78 is 0. The van der Waals surface area contributed by atoms with E-state index in [0.717, 1.165) is 17.1 Å². The predicted molar refractivity (Wildman–Crippen MR) is 261 cm³/mol. The van der Waals surface area contributed by atoms with Gasteiger partial charge in [-0.25, -0.2) is 0 Å². The first-order valence-electron chi connectivity index (χ1n) is 21.0. The largest absolute Gasteiger partial charge is 0.310 e. The molecule has 0 saturated carbocycles. The van der Waals surface area contributed by atoms with Crippen molar-refractivity contribution >= 4 is 49.4 Å². The van der Waals surface area contributed by atoms with Crippen LogP contribution in [0.5, 0.6) is 0 Å². The molecular weight excluding hydrogens is 735 g/mol. The van der Waals surface area contributed by atoms with Crippen molar-refractivity contribution in [2.24, 2.45) is 0 Å². The number of hydrogen-bond acceptors (Lipinski definition) is 1. The van der Waals surface area contributed by atoms with Gasteiger partial charge in [0.2, 0.25) is 0 Å². The highest BCUT2D eigenvalue weighted by atomic mass is 15.1. The van der Waals surface area contributed by atoms with Gasteiger partial charge in [0.25, 0.3) is 0 Å². The Labute approximate surface area is 357 Å². The van der Waals surface area contributed by atoms with Crippen molar-refractivity contribution in [1.29, 1.82) is 0 Å². The molecule has 61 heavy (non-hydrogen) atoms. The molecule has 0 aromatic heterocycles. The monoisotopic (exact) mass is 775 g/mol. The molecule has 0 saturated heterocycles. The third-order valence-electron chi connectivity index (χ3n) is 12.1. The zero-order chi connectivity index (χ0) is 40.5. The third kappa shape index (κ3) is 6.73. The van der Waals surface area contributed by atoms with Crippen LogP contribution in [0.1, 0.15) is 0 Å². The van der Waals surface area contributed by atoms with Crippen LogP contribution in [-0.2, 0) is 0 Å². The van der Waals surface area contributed by atoms with Gasteiger partial charge in [-0.3, -0.25) is 0 Å². The molecule has 286 valence electrons. The Kier molecular flexibility index (Phi) is 9.26. The van der Waals surface area contributed by atoms with E-state index in [2.05, 4.69) is 254 Å². The van der Waals surface area contributed by atoms with E-state index in [0.29, 0.717) is 0 Å². The van der Waals surface area contributed by atoms with Crippen molar-refractivity contribution < 1.29 is 0 Å². The van der Waals surface area contributed by atoms with Crippen molar-refractivity contribution in [3.05, 3.63) is 249 Å². The summed E-state index contributed by atoms with van der Waals surface area (Å²) >= 11 is 0. The second-order valence-corrected chi connectivity index (χ2v) is 15.7. The van der Waals surface area contributed by atoms with Crippen LogP contribution in [0.25, 0.3) is 88.0 Å². The summed E-state index contributed by atoms with van der Waals surface area (Å²) in [5, 5.41) is 7.50. The predicted octanol–water partition coefficient (Wildman–Crippen LogP) is 17.0. The SMILES string of the molecule is c1ccc(-c2ccccc2-c2ccccc2-c2ccccc2-c2ccc(N(c3ccc(-c4cccc5ccccc45)cc3)c3ccc4c(ccc5ccccc54)c3)cc2)cc1. The van der Waals surface area contributed by atoms with Gasteiger partial charge >= 0.3 is 0 Å². The Balaban J connectivity index is 1.01. The van der Waals surface area contributed by atoms with E-state index in [4.69, 9.17) is 0 Å². The van der Waals surface area contributed by atoms with Crippen LogP contribution >= 0.6 is 0 Å². The second kappa shape index (κ2) is 15.6. The van der Waals surface area contributed by atoms with Crippen molar-refractivity contribution in [2.45, 2.75) is 0 Å². The maximum absolute atomic E-state index is 2.38. The highest BCUT2D eigenvalue weighted by molar-refractivity contribution is 6.08. The van der Waals surface area contributed by atoms with Crippen LogP contribution in [0.3, 0.4) is 0 Å². The first-order chi connectivity index (χ1) is 30.3. The Bertz CT molecular complexity index is 3340. The highest BCUT2D eigenvalue weighted by Crippen LogP contribution is 2.43. The molecule has 0 amide bonds. The molecule has 1 nitrogen and oxygen atoms in total. The zero-order valence-corrected chi connectivity index (χ0v) is 33.6. The maximum atomic E-state index is 2.38. The summed E-state index contributed by atoms with van der Waals surface area (Å²) in [6, 6.07) is 90.4. The Morgan fingerprint density at radius 2 is 0.574 bits per heavy atom. The molecule has 11 rings (SSSR count). The zero-order valence-electron chi connectivity index (χ0n) is 33.6. The van der Waals surface area contributed by atoms with E-state index in [9.17, 15) is 0 Å². The average molecular weight is 776 g/mol. The molecule has 11 aromatic rings. The van der Waals surface area contributed by atoms with Crippen molar-refractivity contribution in [2.75, 3.05) is 4.90 Å². The summed E-state index contributed by atoms with van der Waals surface area (Å²) in [6.45, 7) is 0. The molecular formula is C60H41N. The van der Waals surface area contributed by atoms with Gasteiger partial charge in [0.1, 0.15) is 0 Å². The molecule has 0 fully saturated rings. The number of hydrogen-bond donors (Lipinski definition) is 0. The Hall–Kier alpha value is -8.00. The lowest BCUT2D eigenvalue weighted by Gasteiger charge is -2.26. The fraction of sp³-hybridized carbons (Fsp3) is 0. The lowest BCUT2D eigenvalue weighted by molar-refractivity contribution is 1.29. The summed E-state index contributed by atoms with van der Waals surface area (Å²) in [6.07, 6.45) is 0. The van der Waals surface area contributed by atoms with Crippen molar-refractivity contribution in [3.8, 4) is 55.6 Å². The first kappa shape index (κ1) is 36.1. The normalized spacial score (nSPS) is 11.3. The topological polar surface area (TPSA) is 3.24 Å². The van der Waals surface area contributed by atoms with E-state index in [-0.39, 0.29) is 0 Å². The van der Waals surface area contributed by atoms with E-state index < -0.39 is 0 Å². The van der Waals surface area contributed by atoms with Gasteiger partial charge in [0, 0.05) is 17.1 Å². The molecule has 0 atom stereocenters. The van der Waals surface area contributed by atoms with Crippen LogP contribution in [0.15, 0.2) is 249 Å². The molecule has 0 aliphatic rings. The summed E-state index contributed by atoms with van der Waals surface area (Å²) in [5.41, 5.74) is 15.4. The summed E-state index contributed by atoms with van der Waals surface area (Å²) in [5.74, 6) is 0. The fourth-order valence-electron chi connectivity index (χ4n) is 9.15. The number of rotatable bonds is 8. The van der Waals surface area contributed by atoms with Gasteiger partial charge in [0.15, 0.2) is 0 Å². The van der Waals surface area contributed by atoms with Gasteiger partial charge in [0.05, 0.1) is 0 Å². The minimum absolute atomic E-state index is 1.09. The number of nitrogens with zero attached hydrogens (tertiary/aromatic N) is 1. The minimum Gasteiger partial charge on any atom is -0.310 e. The van der Waals surface area contributed by atoms with Crippen molar-refractivity contribution in [3.63, 3.8) is 0 Å². The van der Waals surface area contributed by atoms with Gasteiger partial charge in [-0.2, -0.15) is 0 Å². The van der Waals surface area contributed by atoms with Crippen LogP contribution in [0.2, 0.25) is 0 Å². The van der Waals surface area contributed by atoms with Gasteiger partial charge in [-0.05, 0) is 124 Å². The maximum Gasteiger partial charge on any atom is 0.0468 e. The van der Waals surface area contributed by atoms with Gasteiger partial charge < -0.3 is 4.90 Å².